The summed E-state index contributed by atoms with van der Waals surface area (Å²) < 4.78 is 20.9. The molecule has 3 aromatic heterocycles. The Bertz CT molecular complexity index is 2380. The zero-order valence-electron chi connectivity index (χ0n) is 33.4. The SMILES string of the molecule is CCOC(=O)C1CC1c1c(C)c2cc3[nH]c(cc4nc(cc5nc(cc1[nH]2)C(C)=C5CCC(=O)OC)C(CCC(=O)OC)=C4C)c(C)c3C1CC1C(=O)OCC. The van der Waals surface area contributed by atoms with E-state index in [1.165, 1.54) is 14.2 Å². The molecule has 12 heteroatoms. The number of methoxy groups -OCH3 is 2. The van der Waals surface area contributed by atoms with Crippen molar-refractivity contribution in [3.8, 4) is 0 Å². The molecule has 0 spiro atoms. The van der Waals surface area contributed by atoms with Gasteiger partial charge in [-0.05, 0) is 136 Å². The fraction of sp³-hybridized carbons (Fsp3) is 0.455. The van der Waals surface area contributed by atoms with Gasteiger partial charge in [-0.2, -0.15) is 0 Å². The van der Waals surface area contributed by atoms with Crippen LogP contribution in [0.5, 0.6) is 0 Å². The summed E-state index contributed by atoms with van der Waals surface area (Å²) in [6.45, 7) is 12.4. The lowest BCUT2D eigenvalue weighted by Gasteiger charge is -2.06. The van der Waals surface area contributed by atoms with Gasteiger partial charge in [-0.3, -0.25) is 19.2 Å². The average molecular weight is 763 g/mol. The number of allylic oxidation sites excluding steroid dienone is 4. The van der Waals surface area contributed by atoms with E-state index in [-0.39, 0.29) is 60.4 Å². The smallest absolute Gasteiger partial charge is 0.309 e. The molecule has 8 bridgehead atoms. The summed E-state index contributed by atoms with van der Waals surface area (Å²) in [7, 11) is 2.76. The fourth-order valence-electron chi connectivity index (χ4n) is 8.44. The number of fused-ring (bicyclic) bond motifs is 8. The van der Waals surface area contributed by atoms with Gasteiger partial charge in [0.1, 0.15) is 0 Å². The van der Waals surface area contributed by atoms with Gasteiger partial charge in [-0.1, -0.05) is 0 Å². The first-order valence-electron chi connectivity index (χ1n) is 19.5. The monoisotopic (exact) mass is 762 g/mol. The van der Waals surface area contributed by atoms with Crippen molar-refractivity contribution in [2.75, 3.05) is 27.4 Å². The molecular weight excluding hydrogens is 713 g/mol. The molecule has 4 unspecified atom stereocenters. The zero-order valence-corrected chi connectivity index (χ0v) is 33.4. The number of nitrogens with one attached hydrogen (secondary N) is 2. The van der Waals surface area contributed by atoms with Crippen LogP contribution in [0.1, 0.15) is 123 Å². The van der Waals surface area contributed by atoms with Crippen LogP contribution >= 0.6 is 0 Å². The molecule has 2 aliphatic heterocycles. The molecule has 3 aromatic rings. The van der Waals surface area contributed by atoms with E-state index in [2.05, 4.69) is 29.9 Å². The van der Waals surface area contributed by atoms with Crippen molar-refractivity contribution >= 4 is 68.2 Å². The van der Waals surface area contributed by atoms with Gasteiger partial charge in [-0.25, -0.2) is 9.97 Å². The van der Waals surface area contributed by atoms with Gasteiger partial charge in [0.15, 0.2) is 0 Å². The summed E-state index contributed by atoms with van der Waals surface area (Å²) in [6, 6.07) is 8.12. The number of esters is 4. The highest BCUT2D eigenvalue weighted by atomic mass is 16.5. The molecule has 0 radical (unpaired) electrons. The standard InChI is InChI=1S/C44H50N4O8/c1-9-55-43(51)29-15-27(29)41-23(5)33-17-31-21(3)25(11-13-39(49)53-7)35(45-31)20-36-26(12-14-40(50)54-8)22(4)32(46-36)18-37-42(28-16-30(28)44(52)56-10-2)24(6)34(48-37)19-38(41)47-33/h17-20,27-30,47-48H,9-16H2,1-8H3. The van der Waals surface area contributed by atoms with E-state index in [1.54, 1.807) is 0 Å². The van der Waals surface area contributed by atoms with E-state index >= 15 is 0 Å². The predicted octanol–water partition coefficient (Wildman–Crippen LogP) is 8.03. The third-order valence-corrected chi connectivity index (χ3v) is 11.7. The number of nitrogens with zero attached hydrogens (tertiary/aromatic N) is 2. The summed E-state index contributed by atoms with van der Waals surface area (Å²) >= 11 is 0. The normalized spacial score (nSPS) is 19.9. The highest BCUT2D eigenvalue weighted by Gasteiger charge is 2.48. The summed E-state index contributed by atoms with van der Waals surface area (Å²) in [5.74, 6) is -1.52. The minimum absolute atomic E-state index is 0.0101. The molecule has 2 N–H and O–H groups in total. The van der Waals surface area contributed by atoms with Crippen molar-refractivity contribution in [1.29, 1.82) is 0 Å². The van der Waals surface area contributed by atoms with Gasteiger partial charge in [-0.15, -0.1) is 0 Å². The minimum Gasteiger partial charge on any atom is -0.469 e. The van der Waals surface area contributed by atoms with Crippen LogP contribution in [-0.2, 0) is 38.1 Å². The second kappa shape index (κ2) is 15.5. The van der Waals surface area contributed by atoms with Crippen molar-refractivity contribution in [2.24, 2.45) is 11.8 Å². The van der Waals surface area contributed by atoms with Gasteiger partial charge in [0.2, 0.25) is 0 Å². The maximum absolute atomic E-state index is 13.0. The Morgan fingerprint density at radius 2 is 1.02 bits per heavy atom. The number of carbonyl (C=O) groups excluding carboxylic acids is 4. The molecule has 2 fully saturated rings. The van der Waals surface area contributed by atoms with E-state index in [0.717, 1.165) is 78.0 Å². The predicted molar refractivity (Wildman–Crippen MR) is 213 cm³/mol. The number of rotatable bonds is 12. The molecule has 4 atom stereocenters. The van der Waals surface area contributed by atoms with Crippen LogP contribution in [0.15, 0.2) is 24.3 Å². The molecule has 0 amide bonds. The lowest BCUT2D eigenvalue weighted by atomic mass is 9.98. The summed E-state index contributed by atoms with van der Waals surface area (Å²) in [5, 5.41) is 0. The molecular formula is C44H50N4O8. The molecule has 12 nitrogen and oxygen atoms in total. The Kier molecular flexibility index (Phi) is 10.8. The third kappa shape index (κ3) is 7.29. The largest absolute Gasteiger partial charge is 0.469 e. The van der Waals surface area contributed by atoms with Crippen LogP contribution in [0.2, 0.25) is 0 Å². The second-order valence-electron chi connectivity index (χ2n) is 15.1. The number of aromatic nitrogens is 4. The highest BCUT2D eigenvalue weighted by molar-refractivity contribution is 5.97. The molecule has 2 aliphatic carbocycles. The number of ether oxygens (including phenoxy) is 4. The molecule has 2 saturated carbocycles. The molecule has 7 rings (SSSR count). The number of aryl methyl sites for hydroxylation is 2. The van der Waals surface area contributed by atoms with Crippen LogP contribution in [0.25, 0.3) is 44.4 Å². The van der Waals surface area contributed by atoms with E-state index in [0.29, 0.717) is 50.3 Å². The number of aromatic amines is 2. The van der Waals surface area contributed by atoms with Gasteiger partial charge in [0.25, 0.3) is 0 Å². The third-order valence-electron chi connectivity index (χ3n) is 11.7. The van der Waals surface area contributed by atoms with Crippen molar-refractivity contribution in [3.05, 3.63) is 69.3 Å². The number of hydrogen-bond acceptors (Lipinski definition) is 10. The molecule has 294 valence electrons. The minimum atomic E-state index is -0.320. The molecule has 0 saturated heterocycles. The Labute approximate surface area is 326 Å². The van der Waals surface area contributed by atoms with Crippen molar-refractivity contribution in [3.63, 3.8) is 0 Å². The van der Waals surface area contributed by atoms with Crippen molar-refractivity contribution in [1.82, 2.24) is 19.9 Å². The zero-order chi connectivity index (χ0) is 40.0. The maximum atomic E-state index is 13.0. The molecule has 5 heterocycles. The van der Waals surface area contributed by atoms with Crippen LogP contribution in [0.3, 0.4) is 0 Å². The Morgan fingerprint density at radius 1 is 0.607 bits per heavy atom. The second-order valence-corrected chi connectivity index (χ2v) is 15.1. The van der Waals surface area contributed by atoms with Crippen molar-refractivity contribution in [2.45, 2.75) is 91.9 Å². The van der Waals surface area contributed by atoms with E-state index < -0.39 is 0 Å². The lowest BCUT2D eigenvalue weighted by molar-refractivity contribution is -0.145. The first kappa shape index (κ1) is 38.7. The van der Waals surface area contributed by atoms with Crippen LogP contribution in [0, 0.1) is 25.7 Å². The number of H-pyrrole nitrogens is 2. The first-order valence-corrected chi connectivity index (χ1v) is 19.5. The molecule has 0 aromatic carbocycles. The van der Waals surface area contributed by atoms with Crippen LogP contribution in [0.4, 0.5) is 0 Å². The Hall–Kier alpha value is -5.52. The van der Waals surface area contributed by atoms with E-state index in [4.69, 9.17) is 28.9 Å². The average Bonchev–Trinajstić information content (AvgIpc) is 4.04. The highest BCUT2D eigenvalue weighted by Crippen LogP contribution is 2.53. The lowest BCUT2D eigenvalue weighted by Crippen LogP contribution is -2.07. The maximum Gasteiger partial charge on any atom is 0.309 e. The topological polar surface area (TPSA) is 163 Å². The summed E-state index contributed by atoms with van der Waals surface area (Å²) in [5.41, 5.74) is 14.1. The van der Waals surface area contributed by atoms with Crippen LogP contribution < -0.4 is 0 Å². The van der Waals surface area contributed by atoms with Gasteiger partial charge in [0, 0.05) is 46.7 Å². The van der Waals surface area contributed by atoms with E-state index in [9.17, 15) is 19.2 Å². The van der Waals surface area contributed by atoms with Gasteiger partial charge >= 0.3 is 23.9 Å². The molecule has 4 aliphatic rings. The Balaban J connectivity index is 1.52. The van der Waals surface area contributed by atoms with Crippen molar-refractivity contribution < 1.29 is 38.1 Å². The van der Waals surface area contributed by atoms with Gasteiger partial charge < -0.3 is 28.9 Å². The van der Waals surface area contributed by atoms with Crippen LogP contribution in [-0.4, -0.2) is 71.2 Å². The molecule has 56 heavy (non-hydrogen) atoms. The summed E-state index contributed by atoms with van der Waals surface area (Å²) in [6.07, 6.45) is 2.55. The van der Waals surface area contributed by atoms with Gasteiger partial charge in [0.05, 0.1) is 62.0 Å². The number of carbonyl (C=O) groups is 4. The Morgan fingerprint density at radius 3 is 1.45 bits per heavy atom. The first-order chi connectivity index (χ1) is 26.9. The fourth-order valence-corrected chi connectivity index (χ4v) is 8.44. The van der Waals surface area contributed by atoms with E-state index in [1.807, 2.05) is 45.9 Å². The quantitative estimate of drug-likeness (QED) is 0.136. The summed E-state index contributed by atoms with van der Waals surface area (Å²) in [4.78, 5) is 68.3. The number of hydrogen-bond donors (Lipinski definition) is 2.